The van der Waals surface area contributed by atoms with Crippen molar-refractivity contribution in [2.75, 3.05) is 0 Å². The number of halogens is 2. The van der Waals surface area contributed by atoms with Crippen molar-refractivity contribution < 1.29 is 35.6 Å². The Labute approximate surface area is 221 Å². The standard InChI is InChI=1S/2C10H9.2C6H5FO.Zr/c2*1-8-6-9-4-2-3-5-10(9)7-8;2*7-5-1-3-6(8)4-2-5;/h2*2-7H,1H3;2*1-4,8H;/q;;;;+2/p-2. The molecule has 0 fully saturated rings. The zero-order chi connectivity index (χ0) is 25.6. The van der Waals surface area contributed by atoms with E-state index in [0.717, 1.165) is 11.1 Å². The molecule has 2 nitrogen and oxygen atoms in total. The van der Waals surface area contributed by atoms with Gasteiger partial charge in [-0.25, -0.2) is 0 Å². The molecule has 0 amide bonds. The Kier molecular flexibility index (Phi) is 6.20. The molecular formula is C32H26F2O2Zr. The molecule has 5 heteroatoms. The predicted octanol–water partition coefficient (Wildman–Crippen LogP) is 8.72. The summed E-state index contributed by atoms with van der Waals surface area (Å²) in [7, 11) is 0. The second-order valence-electron chi connectivity index (χ2n) is 9.73. The zero-order valence-electron chi connectivity index (χ0n) is 20.6. The average molecular weight is 572 g/mol. The van der Waals surface area contributed by atoms with Crippen LogP contribution in [0, 0.1) is 11.6 Å². The Balaban J connectivity index is 1.62. The van der Waals surface area contributed by atoms with Crippen LogP contribution < -0.4 is 5.63 Å². The minimum absolute atomic E-state index is 0.0832. The van der Waals surface area contributed by atoms with E-state index in [1.165, 1.54) is 46.5 Å². The van der Waals surface area contributed by atoms with Gasteiger partial charge in [-0.2, -0.15) is 0 Å². The summed E-state index contributed by atoms with van der Waals surface area (Å²) in [4.78, 5) is 0. The molecule has 0 heterocycles. The molecule has 0 aliphatic heterocycles. The number of hydrogen-bond donors (Lipinski definition) is 0. The van der Waals surface area contributed by atoms with Crippen LogP contribution in [0.1, 0.15) is 43.4 Å². The average Bonchev–Trinajstić information content (AvgIpc) is 3.42. The molecule has 0 radical (unpaired) electrons. The molecule has 37 heavy (non-hydrogen) atoms. The molecule has 0 spiro atoms. The van der Waals surface area contributed by atoms with Crippen LogP contribution in [-0.4, -0.2) is 0 Å². The number of benzene rings is 4. The minimum atomic E-state index is -4.56. The second-order valence-corrected chi connectivity index (χ2v) is 17.1. The van der Waals surface area contributed by atoms with Gasteiger partial charge >= 0.3 is 222 Å². The quantitative estimate of drug-likeness (QED) is 0.230. The second kappa shape index (κ2) is 9.54. The molecule has 2 unspecified atom stereocenters. The Morgan fingerprint density at radius 3 is 1.32 bits per heavy atom. The van der Waals surface area contributed by atoms with Crippen molar-refractivity contribution >= 4 is 12.2 Å². The van der Waals surface area contributed by atoms with Crippen molar-refractivity contribution in [1.29, 1.82) is 0 Å². The molecule has 2 aliphatic rings. The summed E-state index contributed by atoms with van der Waals surface area (Å²) in [6, 6.07) is 29.1. The summed E-state index contributed by atoms with van der Waals surface area (Å²) in [5.74, 6) is 0.511. The third-order valence-corrected chi connectivity index (χ3v) is 17.7. The first-order chi connectivity index (χ1) is 17.9. The van der Waals surface area contributed by atoms with Gasteiger partial charge in [0, 0.05) is 0 Å². The third kappa shape index (κ3) is 4.30. The van der Waals surface area contributed by atoms with Gasteiger partial charge in [-0.3, -0.25) is 0 Å². The van der Waals surface area contributed by atoms with Crippen LogP contribution in [0.25, 0.3) is 12.2 Å². The van der Waals surface area contributed by atoms with Crippen molar-refractivity contribution in [2.45, 2.75) is 21.1 Å². The molecule has 0 saturated heterocycles. The van der Waals surface area contributed by atoms with E-state index in [4.69, 9.17) is 5.63 Å². The van der Waals surface area contributed by atoms with Gasteiger partial charge in [0.25, 0.3) is 0 Å². The van der Waals surface area contributed by atoms with Crippen LogP contribution in [0.4, 0.5) is 8.78 Å². The van der Waals surface area contributed by atoms with Crippen LogP contribution in [0.2, 0.25) is 0 Å². The van der Waals surface area contributed by atoms with Gasteiger partial charge in [0.05, 0.1) is 0 Å². The van der Waals surface area contributed by atoms with Crippen LogP contribution in [0.15, 0.2) is 108 Å². The monoisotopic (exact) mass is 570 g/mol. The van der Waals surface area contributed by atoms with Crippen molar-refractivity contribution in [1.82, 2.24) is 0 Å². The first-order valence-corrected chi connectivity index (χ1v) is 17.2. The fourth-order valence-corrected chi connectivity index (χ4v) is 17.3. The van der Waals surface area contributed by atoms with Gasteiger partial charge in [0.1, 0.15) is 0 Å². The summed E-state index contributed by atoms with van der Waals surface area (Å²) in [5.41, 5.74) is 7.03. The molecular weight excluding hydrogens is 546 g/mol. The van der Waals surface area contributed by atoms with Crippen LogP contribution in [0.3, 0.4) is 0 Å². The van der Waals surface area contributed by atoms with Crippen molar-refractivity contribution in [3.8, 4) is 11.5 Å². The molecule has 0 saturated carbocycles. The first kappa shape index (κ1) is 24.1. The van der Waals surface area contributed by atoms with E-state index >= 15 is 0 Å². The number of hydrogen-bond acceptors (Lipinski definition) is 2. The van der Waals surface area contributed by atoms with E-state index < -0.39 is 21.1 Å². The molecule has 2 atom stereocenters. The summed E-state index contributed by atoms with van der Waals surface area (Å²) in [6.07, 6.45) is 4.43. The predicted molar refractivity (Wildman–Crippen MR) is 140 cm³/mol. The van der Waals surface area contributed by atoms with Gasteiger partial charge in [-0.1, -0.05) is 0 Å². The fourth-order valence-electron chi connectivity index (χ4n) is 5.82. The van der Waals surface area contributed by atoms with Crippen LogP contribution in [0.5, 0.6) is 11.5 Å². The molecule has 2 aliphatic carbocycles. The summed E-state index contributed by atoms with van der Waals surface area (Å²) < 4.78 is 42.0. The Hall–Kier alpha value is -3.30. The van der Waals surface area contributed by atoms with E-state index in [0.29, 0.717) is 11.5 Å². The molecule has 0 bridgehead atoms. The number of fused-ring (bicyclic) bond motifs is 2. The maximum absolute atomic E-state index is 13.9. The molecule has 0 aromatic heterocycles. The van der Waals surface area contributed by atoms with Gasteiger partial charge in [0.2, 0.25) is 0 Å². The summed E-state index contributed by atoms with van der Waals surface area (Å²) in [6.45, 7) is 4.27. The van der Waals surface area contributed by atoms with Crippen LogP contribution >= 0.6 is 0 Å². The van der Waals surface area contributed by atoms with Gasteiger partial charge < -0.3 is 0 Å². The van der Waals surface area contributed by atoms with E-state index in [-0.39, 0.29) is 18.9 Å². The topological polar surface area (TPSA) is 18.5 Å². The Morgan fingerprint density at radius 2 is 0.919 bits per heavy atom. The molecule has 6 rings (SSSR count). The summed E-state index contributed by atoms with van der Waals surface area (Å²) in [5, 5.41) is 0. The van der Waals surface area contributed by atoms with Crippen LogP contribution in [-0.2, 0) is 21.1 Å². The van der Waals surface area contributed by atoms with Gasteiger partial charge in [-0.05, 0) is 0 Å². The fraction of sp³-hybridized carbons (Fsp3) is 0.125. The molecule has 4 aromatic rings. The molecule has 184 valence electrons. The third-order valence-electron chi connectivity index (χ3n) is 7.28. The Morgan fingerprint density at radius 1 is 0.541 bits per heavy atom. The van der Waals surface area contributed by atoms with E-state index in [2.05, 4.69) is 62.4 Å². The molecule has 0 N–H and O–H groups in total. The zero-order valence-corrected chi connectivity index (χ0v) is 23.1. The van der Waals surface area contributed by atoms with E-state index in [1.807, 2.05) is 12.1 Å². The van der Waals surface area contributed by atoms with Crippen molar-refractivity contribution in [3.63, 3.8) is 0 Å². The normalized spacial score (nSPS) is 18.1. The summed E-state index contributed by atoms with van der Waals surface area (Å²) >= 11 is -4.56. The van der Waals surface area contributed by atoms with Crippen molar-refractivity contribution in [2.24, 2.45) is 0 Å². The number of allylic oxidation sites excluding steroid dienone is 2. The SMILES string of the molecule is CC1=Cc2ccccc2[CH]1[Zr]([O]c1ccc(F)cc1)([O]c1ccc(F)cc1)[CH]1C(C)=Cc2ccccc21. The van der Waals surface area contributed by atoms with E-state index in [1.54, 1.807) is 24.3 Å². The number of rotatable bonds is 6. The van der Waals surface area contributed by atoms with E-state index in [9.17, 15) is 8.78 Å². The molecule has 4 aromatic carbocycles. The van der Waals surface area contributed by atoms with Crippen molar-refractivity contribution in [3.05, 3.63) is 142 Å². The van der Waals surface area contributed by atoms with Gasteiger partial charge in [0.15, 0.2) is 0 Å². The first-order valence-electron chi connectivity index (χ1n) is 12.4. The maximum atomic E-state index is 13.9. The van der Waals surface area contributed by atoms with Gasteiger partial charge in [-0.15, -0.1) is 0 Å². The Bertz CT molecular complexity index is 1410.